The summed E-state index contributed by atoms with van der Waals surface area (Å²) in [6.45, 7) is 4.89. The second-order valence-electron chi connectivity index (χ2n) is 7.72. The molecule has 0 radical (unpaired) electrons. The van der Waals surface area contributed by atoms with Crippen molar-refractivity contribution in [2.45, 2.75) is 45.1 Å². The van der Waals surface area contributed by atoms with Crippen LogP contribution in [-0.4, -0.2) is 33.4 Å². The van der Waals surface area contributed by atoms with Gasteiger partial charge in [0, 0.05) is 35.5 Å². The Kier molecular flexibility index (Phi) is 3.67. The molecule has 6 heteroatoms. The fourth-order valence-electron chi connectivity index (χ4n) is 4.28. The van der Waals surface area contributed by atoms with Crippen LogP contribution in [0.15, 0.2) is 24.3 Å². The number of carbonyl (C=O) groups excluding carboxylic acids is 1. The van der Waals surface area contributed by atoms with Crippen LogP contribution in [0.2, 0.25) is 0 Å². The summed E-state index contributed by atoms with van der Waals surface area (Å²) in [5, 5.41) is 6.59. The van der Waals surface area contributed by atoms with E-state index in [1.54, 1.807) is 0 Å². The molecular formula is C21H23N5O. The number of aryl methyl sites for hydroxylation is 1. The van der Waals surface area contributed by atoms with Crippen molar-refractivity contribution in [1.29, 1.82) is 0 Å². The lowest BCUT2D eigenvalue weighted by Gasteiger charge is -2.23. The predicted molar refractivity (Wildman–Crippen MR) is 106 cm³/mol. The number of amides is 1. The van der Waals surface area contributed by atoms with Gasteiger partial charge in [-0.25, -0.2) is 9.97 Å². The van der Waals surface area contributed by atoms with Gasteiger partial charge in [-0.1, -0.05) is 18.6 Å². The maximum atomic E-state index is 12.4. The van der Waals surface area contributed by atoms with E-state index in [0.717, 1.165) is 64.3 Å². The van der Waals surface area contributed by atoms with Gasteiger partial charge in [-0.2, -0.15) is 0 Å². The van der Waals surface area contributed by atoms with Gasteiger partial charge in [-0.05, 0) is 38.8 Å². The minimum absolute atomic E-state index is 0.00809. The van der Waals surface area contributed by atoms with E-state index in [1.165, 1.54) is 0 Å². The third kappa shape index (κ3) is 2.67. The van der Waals surface area contributed by atoms with Gasteiger partial charge in [0.05, 0.1) is 16.8 Å². The Bertz CT molecular complexity index is 1050. The molecule has 138 valence electrons. The summed E-state index contributed by atoms with van der Waals surface area (Å²) >= 11 is 0. The third-order valence-corrected chi connectivity index (χ3v) is 5.74. The number of nitrogens with one attached hydrogen (secondary N) is 3. The van der Waals surface area contributed by atoms with Crippen LogP contribution < -0.4 is 10.6 Å². The molecule has 2 aliphatic heterocycles. The molecule has 0 saturated carbocycles. The zero-order valence-electron chi connectivity index (χ0n) is 15.6. The van der Waals surface area contributed by atoms with Crippen LogP contribution in [0.1, 0.15) is 53.8 Å². The molecule has 2 unspecified atom stereocenters. The molecule has 2 aliphatic rings. The molecule has 3 N–H and O–H groups in total. The summed E-state index contributed by atoms with van der Waals surface area (Å²) in [6, 6.07) is 8.32. The molecule has 4 bridgehead atoms. The van der Waals surface area contributed by atoms with Crippen molar-refractivity contribution in [3.63, 3.8) is 0 Å². The first-order valence-corrected chi connectivity index (χ1v) is 9.65. The number of aromatic amines is 1. The lowest BCUT2D eigenvalue weighted by Crippen LogP contribution is -2.34. The summed E-state index contributed by atoms with van der Waals surface area (Å²) in [5.74, 6) is 1.18. The highest BCUT2D eigenvalue weighted by molar-refractivity contribution is 6.00. The van der Waals surface area contributed by atoms with E-state index in [9.17, 15) is 4.79 Å². The molecule has 0 saturated heterocycles. The van der Waals surface area contributed by atoms with E-state index in [0.29, 0.717) is 18.5 Å². The highest BCUT2D eigenvalue weighted by Gasteiger charge is 2.28. The minimum atomic E-state index is 0.00809. The van der Waals surface area contributed by atoms with Crippen molar-refractivity contribution in [2.75, 3.05) is 11.9 Å². The molecule has 2 aromatic heterocycles. The first-order chi connectivity index (χ1) is 13.1. The van der Waals surface area contributed by atoms with Crippen LogP contribution >= 0.6 is 0 Å². The second kappa shape index (κ2) is 6.08. The highest BCUT2D eigenvalue weighted by atomic mass is 16.1. The van der Waals surface area contributed by atoms with Gasteiger partial charge < -0.3 is 15.6 Å². The summed E-state index contributed by atoms with van der Waals surface area (Å²) in [7, 11) is 0. The zero-order valence-corrected chi connectivity index (χ0v) is 15.6. The molecule has 0 fully saturated rings. The number of para-hydroxylation sites is 1. The largest absolute Gasteiger partial charge is 0.366 e. The number of aromatic nitrogens is 3. The Labute approximate surface area is 157 Å². The van der Waals surface area contributed by atoms with Crippen LogP contribution in [0, 0.1) is 6.92 Å². The lowest BCUT2D eigenvalue weighted by atomic mass is 9.91. The predicted octanol–water partition coefficient (Wildman–Crippen LogP) is 3.74. The van der Waals surface area contributed by atoms with Crippen molar-refractivity contribution in [3.8, 4) is 11.3 Å². The van der Waals surface area contributed by atoms with Crippen molar-refractivity contribution < 1.29 is 4.79 Å². The average molecular weight is 361 g/mol. The van der Waals surface area contributed by atoms with Crippen molar-refractivity contribution in [2.24, 2.45) is 0 Å². The van der Waals surface area contributed by atoms with Crippen LogP contribution in [0.4, 0.5) is 5.82 Å². The third-order valence-electron chi connectivity index (χ3n) is 5.74. The molecule has 0 spiro atoms. The van der Waals surface area contributed by atoms with Gasteiger partial charge >= 0.3 is 0 Å². The Balaban J connectivity index is 1.77. The van der Waals surface area contributed by atoms with E-state index in [2.05, 4.69) is 22.5 Å². The van der Waals surface area contributed by atoms with Crippen molar-refractivity contribution >= 4 is 22.8 Å². The molecule has 0 aliphatic carbocycles. The topological polar surface area (TPSA) is 82.7 Å². The van der Waals surface area contributed by atoms with Gasteiger partial charge in [0.25, 0.3) is 5.91 Å². The molecule has 2 atom stereocenters. The number of fused-ring (bicyclic) bond motifs is 3. The SMILES string of the molecule is Cc1nc2cccc3c2nc1NC(C)CCCC1CNC(=O)c2cc-3[nH]c21. The smallest absolute Gasteiger partial charge is 0.253 e. The fourth-order valence-corrected chi connectivity index (χ4v) is 4.28. The van der Waals surface area contributed by atoms with Gasteiger partial charge in [0.15, 0.2) is 0 Å². The van der Waals surface area contributed by atoms with Gasteiger partial charge in [0.1, 0.15) is 11.3 Å². The Morgan fingerprint density at radius 3 is 2.93 bits per heavy atom. The molecule has 5 rings (SSSR count). The second-order valence-corrected chi connectivity index (χ2v) is 7.72. The summed E-state index contributed by atoms with van der Waals surface area (Å²) in [5.41, 5.74) is 6.37. The van der Waals surface area contributed by atoms with Gasteiger partial charge in [-0.15, -0.1) is 0 Å². The van der Waals surface area contributed by atoms with Crippen LogP contribution in [0.25, 0.3) is 22.3 Å². The molecule has 27 heavy (non-hydrogen) atoms. The van der Waals surface area contributed by atoms with Crippen molar-refractivity contribution in [1.82, 2.24) is 20.3 Å². The monoisotopic (exact) mass is 361 g/mol. The van der Waals surface area contributed by atoms with Crippen molar-refractivity contribution in [3.05, 3.63) is 41.2 Å². The zero-order chi connectivity index (χ0) is 18.5. The van der Waals surface area contributed by atoms with E-state index < -0.39 is 0 Å². The summed E-state index contributed by atoms with van der Waals surface area (Å²) in [4.78, 5) is 25.6. The number of rotatable bonds is 0. The first kappa shape index (κ1) is 16.3. The van der Waals surface area contributed by atoms with Crippen LogP contribution in [-0.2, 0) is 0 Å². The Morgan fingerprint density at radius 2 is 2.04 bits per heavy atom. The highest BCUT2D eigenvalue weighted by Crippen LogP contribution is 2.35. The van der Waals surface area contributed by atoms with Crippen LogP contribution in [0.3, 0.4) is 0 Å². The average Bonchev–Trinajstić information content (AvgIpc) is 3.09. The molecule has 3 aromatic rings. The minimum Gasteiger partial charge on any atom is -0.366 e. The summed E-state index contributed by atoms with van der Waals surface area (Å²) in [6.07, 6.45) is 3.18. The first-order valence-electron chi connectivity index (χ1n) is 9.65. The number of nitrogens with zero attached hydrogens (tertiary/aromatic N) is 2. The maximum Gasteiger partial charge on any atom is 0.253 e. The summed E-state index contributed by atoms with van der Waals surface area (Å²) < 4.78 is 0. The number of carbonyl (C=O) groups is 1. The van der Waals surface area contributed by atoms with E-state index in [-0.39, 0.29) is 5.91 Å². The number of anilines is 1. The van der Waals surface area contributed by atoms with E-state index >= 15 is 0 Å². The molecule has 6 nitrogen and oxygen atoms in total. The number of hydrogen-bond donors (Lipinski definition) is 3. The number of H-pyrrole nitrogens is 1. The Hall–Kier alpha value is -2.89. The molecule has 1 aromatic carbocycles. The molecule has 4 heterocycles. The normalized spacial score (nSPS) is 21.8. The molecule has 1 amide bonds. The van der Waals surface area contributed by atoms with Gasteiger partial charge in [0.2, 0.25) is 0 Å². The number of hydrogen-bond acceptors (Lipinski definition) is 4. The standard InChI is InChI=1S/C21H23N5O/c1-11-5-3-6-13-10-22-21(27)15-9-17(25-18(13)15)14-7-4-8-16-19(14)26-20(23-11)12(2)24-16/h4,7-9,11,13,25H,3,5-6,10H2,1-2H3,(H,22,27)(H,23,26). The maximum absolute atomic E-state index is 12.4. The lowest BCUT2D eigenvalue weighted by molar-refractivity contribution is 0.0939. The van der Waals surface area contributed by atoms with Crippen LogP contribution in [0.5, 0.6) is 0 Å². The molecular weight excluding hydrogens is 338 g/mol. The quantitative estimate of drug-likeness (QED) is 0.569. The Morgan fingerprint density at radius 1 is 1.15 bits per heavy atom. The fraction of sp³-hybridized carbons (Fsp3) is 0.381. The van der Waals surface area contributed by atoms with E-state index in [1.807, 2.05) is 31.2 Å². The van der Waals surface area contributed by atoms with Gasteiger partial charge in [-0.3, -0.25) is 4.79 Å². The van der Waals surface area contributed by atoms with E-state index in [4.69, 9.17) is 9.97 Å². The number of benzene rings is 1.